The fourth-order valence-corrected chi connectivity index (χ4v) is 12.3. The Labute approximate surface area is 405 Å². The molecule has 4 aromatic heterocycles. The van der Waals surface area contributed by atoms with Crippen molar-refractivity contribution in [3.8, 4) is 78.7 Å². The molecule has 0 bridgehead atoms. The molecule has 0 saturated carbocycles. The second kappa shape index (κ2) is 16.1. The average molecular weight is 916 g/mol. The fourth-order valence-electron chi connectivity index (χ4n) is 10.0. The van der Waals surface area contributed by atoms with Gasteiger partial charge in [0.25, 0.3) is 0 Å². The Hall–Kier alpha value is -8.55. The van der Waals surface area contributed by atoms with Gasteiger partial charge in [-0.3, -0.25) is 0 Å². The highest BCUT2D eigenvalue weighted by molar-refractivity contribution is 7.26. The minimum absolute atomic E-state index is 0.580. The van der Waals surface area contributed by atoms with Crippen LogP contribution in [0.2, 0.25) is 0 Å². The van der Waals surface area contributed by atoms with E-state index in [0.29, 0.717) is 17.5 Å². The van der Waals surface area contributed by atoms with E-state index in [1.165, 1.54) is 57.0 Å². The molecule has 0 saturated heterocycles. The molecule has 0 atom stereocenters. The Morgan fingerprint density at radius 3 is 1.55 bits per heavy atom. The van der Waals surface area contributed by atoms with Gasteiger partial charge in [-0.05, 0) is 105 Å². The Kier molecular flexibility index (Phi) is 9.22. The molecular weight excluding hydrogens is 879 g/mol. The Balaban J connectivity index is 0.925. The summed E-state index contributed by atoms with van der Waals surface area (Å²) >= 11 is 3.71. The largest absolute Gasteiger partial charge is 0.456 e. The molecule has 6 heteroatoms. The summed E-state index contributed by atoms with van der Waals surface area (Å²) in [4.78, 5) is 15.8. The monoisotopic (exact) mass is 915 g/mol. The molecule has 322 valence electrons. The van der Waals surface area contributed by atoms with E-state index in [4.69, 9.17) is 19.4 Å². The van der Waals surface area contributed by atoms with Crippen LogP contribution in [0.3, 0.4) is 0 Å². The molecule has 69 heavy (non-hydrogen) atoms. The summed E-state index contributed by atoms with van der Waals surface area (Å²) < 4.78 is 11.8. The van der Waals surface area contributed by atoms with E-state index in [1.54, 1.807) is 0 Å². The average Bonchev–Trinajstić information content (AvgIpc) is 4.12. The molecule has 0 spiro atoms. The van der Waals surface area contributed by atoms with Crippen LogP contribution in [-0.4, -0.2) is 15.0 Å². The van der Waals surface area contributed by atoms with Gasteiger partial charge < -0.3 is 4.42 Å². The van der Waals surface area contributed by atoms with Crippen molar-refractivity contribution in [1.82, 2.24) is 15.0 Å². The molecule has 14 aromatic rings. The Bertz CT molecular complexity index is 4220. The summed E-state index contributed by atoms with van der Waals surface area (Å²) in [7, 11) is 0. The van der Waals surface area contributed by atoms with Crippen molar-refractivity contribution in [3.05, 3.63) is 224 Å². The van der Waals surface area contributed by atoms with Gasteiger partial charge in [-0.15, -0.1) is 22.7 Å². The minimum atomic E-state index is 0.580. The smallest absolute Gasteiger partial charge is 0.164 e. The van der Waals surface area contributed by atoms with E-state index in [-0.39, 0.29) is 0 Å². The van der Waals surface area contributed by atoms with Crippen LogP contribution in [0.15, 0.2) is 229 Å². The maximum atomic E-state index is 6.65. The third kappa shape index (κ3) is 6.83. The number of furan rings is 1. The third-order valence-electron chi connectivity index (χ3n) is 13.3. The molecule has 0 radical (unpaired) electrons. The van der Waals surface area contributed by atoms with Gasteiger partial charge in [-0.2, -0.15) is 0 Å². The second-order valence-corrected chi connectivity index (χ2v) is 19.7. The molecule has 0 aliphatic carbocycles. The molecule has 14 rings (SSSR count). The van der Waals surface area contributed by atoms with Gasteiger partial charge in [0, 0.05) is 67.8 Å². The first kappa shape index (κ1) is 39.6. The summed E-state index contributed by atoms with van der Waals surface area (Å²) in [5, 5.41) is 7.13. The quantitative estimate of drug-likeness (QED) is 0.160. The van der Waals surface area contributed by atoms with Crippen LogP contribution in [0, 0.1) is 0 Å². The third-order valence-corrected chi connectivity index (χ3v) is 15.6. The van der Waals surface area contributed by atoms with Gasteiger partial charge in [0.1, 0.15) is 11.2 Å². The van der Waals surface area contributed by atoms with Crippen molar-refractivity contribution in [2.75, 3.05) is 0 Å². The summed E-state index contributed by atoms with van der Waals surface area (Å²) in [6.45, 7) is 0. The highest BCUT2D eigenvalue weighted by Gasteiger charge is 2.20. The standard InChI is InChI=1S/C63H37N3OS2/c1-3-13-38(14-4-1)40-17-9-19-45(33-40)61-64-62(46-20-10-18-41(34-46)39-15-5-2-6-16-39)66-63(65-61)50-23-11-24-54-59(50)51-36-44(28-31-53(51)67-54)47-22-12-26-57-60(47)52-35-42(29-32-56(52)68-57)43-27-30-49-48-21-7-8-25-55(48)69-58(49)37-43/h1-37H. The van der Waals surface area contributed by atoms with E-state index in [1.807, 2.05) is 46.9 Å². The number of benzene rings is 10. The van der Waals surface area contributed by atoms with E-state index >= 15 is 0 Å². The lowest BCUT2D eigenvalue weighted by Crippen LogP contribution is -2.00. The lowest BCUT2D eigenvalue weighted by Gasteiger charge is -2.11. The number of hydrogen-bond donors (Lipinski definition) is 0. The number of nitrogens with zero attached hydrogens (tertiary/aromatic N) is 3. The van der Waals surface area contributed by atoms with Gasteiger partial charge in [-0.25, -0.2) is 15.0 Å². The van der Waals surface area contributed by atoms with Gasteiger partial charge in [0.05, 0.1) is 0 Å². The van der Waals surface area contributed by atoms with Gasteiger partial charge >= 0.3 is 0 Å². The van der Waals surface area contributed by atoms with Crippen LogP contribution in [0.4, 0.5) is 0 Å². The van der Waals surface area contributed by atoms with E-state index in [0.717, 1.165) is 66.4 Å². The molecular formula is C63H37N3OS2. The maximum absolute atomic E-state index is 6.65. The zero-order valence-electron chi connectivity index (χ0n) is 36.9. The molecule has 4 nitrogen and oxygen atoms in total. The molecule has 0 fully saturated rings. The first-order valence-electron chi connectivity index (χ1n) is 23.1. The first-order chi connectivity index (χ1) is 34.1. The summed E-state index contributed by atoms with van der Waals surface area (Å²) in [5.41, 5.74) is 13.5. The van der Waals surface area contributed by atoms with Crippen LogP contribution < -0.4 is 0 Å². The molecule has 4 heterocycles. The van der Waals surface area contributed by atoms with E-state index in [2.05, 4.69) is 200 Å². The molecule has 10 aromatic carbocycles. The van der Waals surface area contributed by atoms with Crippen molar-refractivity contribution >= 4 is 85.0 Å². The lowest BCUT2D eigenvalue weighted by atomic mass is 9.95. The topological polar surface area (TPSA) is 51.8 Å². The number of rotatable bonds is 7. The lowest BCUT2D eigenvalue weighted by molar-refractivity contribution is 0.669. The molecule has 0 aliphatic rings. The summed E-state index contributed by atoms with van der Waals surface area (Å²) in [6.07, 6.45) is 0. The van der Waals surface area contributed by atoms with Crippen LogP contribution >= 0.6 is 22.7 Å². The first-order valence-corrected chi connectivity index (χ1v) is 24.7. The van der Waals surface area contributed by atoms with Crippen molar-refractivity contribution < 1.29 is 4.42 Å². The Morgan fingerprint density at radius 2 is 0.783 bits per heavy atom. The van der Waals surface area contributed by atoms with Gasteiger partial charge in [0.2, 0.25) is 0 Å². The van der Waals surface area contributed by atoms with Crippen molar-refractivity contribution in [2.45, 2.75) is 0 Å². The highest BCUT2D eigenvalue weighted by atomic mass is 32.1. The predicted octanol–water partition coefficient (Wildman–Crippen LogP) is 18.2. The second-order valence-electron chi connectivity index (χ2n) is 17.5. The number of fused-ring (bicyclic) bond motifs is 9. The van der Waals surface area contributed by atoms with Gasteiger partial charge in [0.15, 0.2) is 17.5 Å². The number of thiophene rings is 2. The fraction of sp³-hybridized carbons (Fsp3) is 0. The SMILES string of the molecule is c1ccc(-c2cccc(-c3nc(-c4cccc(-c5ccccc5)c4)nc(-c4cccc5oc6ccc(-c7cccc8sc9ccc(-c%10ccc%11c(c%10)sc%10ccccc%10%11)cc9c78)cc6c45)n3)c2)cc1. The van der Waals surface area contributed by atoms with E-state index < -0.39 is 0 Å². The Morgan fingerprint density at radius 1 is 0.261 bits per heavy atom. The highest BCUT2D eigenvalue weighted by Crippen LogP contribution is 2.45. The van der Waals surface area contributed by atoms with Gasteiger partial charge in [-0.1, -0.05) is 164 Å². The zero-order valence-corrected chi connectivity index (χ0v) is 38.6. The molecule has 0 aliphatic heterocycles. The molecule has 0 unspecified atom stereocenters. The van der Waals surface area contributed by atoms with E-state index in [9.17, 15) is 0 Å². The zero-order chi connectivity index (χ0) is 45.4. The van der Waals surface area contributed by atoms with Crippen LogP contribution in [0.25, 0.3) is 141 Å². The van der Waals surface area contributed by atoms with Crippen LogP contribution in [0.5, 0.6) is 0 Å². The maximum Gasteiger partial charge on any atom is 0.164 e. The number of aromatic nitrogens is 3. The number of hydrogen-bond acceptors (Lipinski definition) is 6. The minimum Gasteiger partial charge on any atom is -0.456 e. The van der Waals surface area contributed by atoms with Crippen molar-refractivity contribution in [2.24, 2.45) is 0 Å². The van der Waals surface area contributed by atoms with Crippen molar-refractivity contribution in [1.29, 1.82) is 0 Å². The van der Waals surface area contributed by atoms with Crippen molar-refractivity contribution in [3.63, 3.8) is 0 Å². The molecule has 0 amide bonds. The van der Waals surface area contributed by atoms with Crippen LogP contribution in [-0.2, 0) is 0 Å². The van der Waals surface area contributed by atoms with Crippen LogP contribution in [0.1, 0.15) is 0 Å². The normalized spacial score (nSPS) is 11.8. The predicted molar refractivity (Wildman–Crippen MR) is 291 cm³/mol. The summed E-state index contributed by atoms with van der Waals surface area (Å²) in [5.74, 6) is 1.78. The molecule has 0 N–H and O–H groups in total. The summed E-state index contributed by atoms with van der Waals surface area (Å²) in [6, 6.07) is 79.8.